The van der Waals surface area contributed by atoms with Crippen LogP contribution in [0.4, 0.5) is 0 Å². The summed E-state index contributed by atoms with van der Waals surface area (Å²) < 4.78 is 11.1. The first-order valence-corrected chi connectivity index (χ1v) is 9.77. The van der Waals surface area contributed by atoms with Crippen molar-refractivity contribution in [3.8, 4) is 11.5 Å². The van der Waals surface area contributed by atoms with Crippen LogP contribution >= 0.6 is 11.3 Å². The van der Waals surface area contributed by atoms with Crippen molar-refractivity contribution in [2.45, 2.75) is 45.2 Å². The summed E-state index contributed by atoms with van der Waals surface area (Å²) in [7, 11) is 1.71. The fourth-order valence-electron chi connectivity index (χ4n) is 3.48. The predicted octanol–water partition coefficient (Wildman–Crippen LogP) is 5.27. The first-order chi connectivity index (χ1) is 11.8. The van der Waals surface area contributed by atoms with Crippen molar-refractivity contribution in [1.29, 1.82) is 0 Å². The average Bonchev–Trinajstić information content (AvgIpc) is 3.03. The lowest BCUT2D eigenvalue weighted by molar-refractivity contribution is 0.195. The fourth-order valence-corrected chi connectivity index (χ4v) is 4.38. The molecule has 4 heteroatoms. The van der Waals surface area contributed by atoms with E-state index >= 15 is 0 Å². The number of ether oxygens (including phenoxy) is 2. The molecule has 0 aliphatic carbocycles. The molecule has 1 unspecified atom stereocenters. The van der Waals surface area contributed by atoms with Crippen molar-refractivity contribution < 1.29 is 9.47 Å². The minimum atomic E-state index is 0.546. The molecule has 0 radical (unpaired) electrons. The average molecular weight is 346 g/mol. The van der Waals surface area contributed by atoms with Gasteiger partial charge in [0.05, 0.1) is 13.7 Å². The van der Waals surface area contributed by atoms with Crippen LogP contribution in [-0.2, 0) is 6.54 Å². The summed E-state index contributed by atoms with van der Waals surface area (Å²) in [5.41, 5.74) is 1.29. The van der Waals surface area contributed by atoms with E-state index in [0.717, 1.165) is 24.6 Å². The van der Waals surface area contributed by atoms with Crippen molar-refractivity contribution >= 4 is 11.3 Å². The van der Waals surface area contributed by atoms with Crippen LogP contribution in [0.3, 0.4) is 0 Å². The second-order valence-corrected chi connectivity index (χ2v) is 7.25. The van der Waals surface area contributed by atoms with Gasteiger partial charge in [0.25, 0.3) is 0 Å². The standard InChI is InChI=1S/C20H27NO2S/c1-3-23-18-11-10-16(14-19(18)22-2)15-21-12-6-4-5-8-17(21)20-9-7-13-24-20/h7,9-11,13-14,17H,3-6,8,12,15H2,1-2H3. The molecule has 0 N–H and O–H groups in total. The minimum Gasteiger partial charge on any atom is -0.493 e. The molecule has 2 aromatic rings. The first-order valence-electron chi connectivity index (χ1n) is 8.89. The van der Waals surface area contributed by atoms with Gasteiger partial charge in [0.1, 0.15) is 0 Å². The van der Waals surface area contributed by atoms with Gasteiger partial charge in [0.2, 0.25) is 0 Å². The van der Waals surface area contributed by atoms with Crippen LogP contribution < -0.4 is 9.47 Å². The lowest BCUT2D eigenvalue weighted by Crippen LogP contribution is -2.27. The van der Waals surface area contributed by atoms with E-state index in [9.17, 15) is 0 Å². The monoisotopic (exact) mass is 345 g/mol. The highest BCUT2D eigenvalue weighted by Gasteiger charge is 2.23. The number of likely N-dealkylation sites (tertiary alicyclic amines) is 1. The van der Waals surface area contributed by atoms with Gasteiger partial charge in [-0.15, -0.1) is 11.3 Å². The van der Waals surface area contributed by atoms with Gasteiger partial charge in [-0.3, -0.25) is 4.90 Å². The van der Waals surface area contributed by atoms with Crippen LogP contribution in [0.15, 0.2) is 35.7 Å². The van der Waals surface area contributed by atoms with Crippen LogP contribution in [0.2, 0.25) is 0 Å². The third-order valence-corrected chi connectivity index (χ3v) is 5.62. The highest BCUT2D eigenvalue weighted by molar-refractivity contribution is 7.10. The molecule has 2 heterocycles. The molecule has 1 aromatic heterocycles. The summed E-state index contributed by atoms with van der Waals surface area (Å²) in [6.07, 6.45) is 5.21. The molecule has 1 aliphatic rings. The molecule has 24 heavy (non-hydrogen) atoms. The number of benzene rings is 1. The van der Waals surface area contributed by atoms with Crippen molar-refractivity contribution in [3.05, 3.63) is 46.2 Å². The molecule has 0 saturated carbocycles. The third-order valence-electron chi connectivity index (χ3n) is 4.65. The van der Waals surface area contributed by atoms with Crippen molar-refractivity contribution in [2.75, 3.05) is 20.3 Å². The normalized spacial score (nSPS) is 19.0. The van der Waals surface area contributed by atoms with Crippen LogP contribution in [0.5, 0.6) is 11.5 Å². The topological polar surface area (TPSA) is 21.7 Å². The molecule has 1 fully saturated rings. The van der Waals surface area contributed by atoms with Crippen molar-refractivity contribution in [2.24, 2.45) is 0 Å². The van der Waals surface area contributed by atoms with Gasteiger partial charge in [0.15, 0.2) is 11.5 Å². The number of nitrogens with zero attached hydrogens (tertiary/aromatic N) is 1. The van der Waals surface area contributed by atoms with Gasteiger partial charge >= 0.3 is 0 Å². The molecule has 0 spiro atoms. The van der Waals surface area contributed by atoms with Gasteiger partial charge in [-0.25, -0.2) is 0 Å². The molecule has 1 atom stereocenters. The third kappa shape index (κ3) is 4.11. The largest absolute Gasteiger partial charge is 0.493 e. The Labute approximate surface area is 149 Å². The maximum Gasteiger partial charge on any atom is 0.161 e. The summed E-state index contributed by atoms with van der Waals surface area (Å²) in [4.78, 5) is 4.13. The number of hydrogen-bond donors (Lipinski definition) is 0. The van der Waals surface area contributed by atoms with E-state index in [0.29, 0.717) is 12.6 Å². The fraction of sp³-hybridized carbons (Fsp3) is 0.500. The minimum absolute atomic E-state index is 0.546. The highest BCUT2D eigenvalue weighted by atomic mass is 32.1. The second-order valence-electron chi connectivity index (χ2n) is 6.27. The summed E-state index contributed by atoms with van der Waals surface area (Å²) in [5, 5.41) is 2.19. The maximum atomic E-state index is 5.64. The lowest BCUT2D eigenvalue weighted by atomic mass is 10.1. The molecule has 1 saturated heterocycles. The van der Waals surface area contributed by atoms with Crippen LogP contribution in [-0.4, -0.2) is 25.2 Å². The van der Waals surface area contributed by atoms with Crippen molar-refractivity contribution in [3.63, 3.8) is 0 Å². The van der Waals surface area contributed by atoms with E-state index in [1.807, 2.05) is 24.3 Å². The van der Waals surface area contributed by atoms with Gasteiger partial charge in [0, 0.05) is 17.5 Å². The van der Waals surface area contributed by atoms with Crippen molar-refractivity contribution in [1.82, 2.24) is 4.90 Å². The molecular formula is C20H27NO2S. The van der Waals surface area contributed by atoms with Crippen LogP contribution in [0.25, 0.3) is 0 Å². The number of rotatable bonds is 6. The number of thiophene rings is 1. The zero-order valence-corrected chi connectivity index (χ0v) is 15.5. The predicted molar refractivity (Wildman–Crippen MR) is 100 cm³/mol. The molecule has 130 valence electrons. The molecule has 0 amide bonds. The highest BCUT2D eigenvalue weighted by Crippen LogP contribution is 2.35. The van der Waals surface area contributed by atoms with Crippen LogP contribution in [0.1, 0.15) is 49.1 Å². The SMILES string of the molecule is CCOc1ccc(CN2CCCCCC2c2cccs2)cc1OC. The summed E-state index contributed by atoms with van der Waals surface area (Å²) >= 11 is 1.88. The lowest BCUT2D eigenvalue weighted by Gasteiger charge is -2.29. The molecule has 3 rings (SSSR count). The smallest absolute Gasteiger partial charge is 0.161 e. The van der Waals surface area contributed by atoms with Gasteiger partial charge in [-0.05, 0) is 55.5 Å². The molecule has 1 aromatic carbocycles. The van der Waals surface area contributed by atoms with E-state index in [1.54, 1.807) is 7.11 Å². The van der Waals surface area contributed by atoms with E-state index in [4.69, 9.17) is 9.47 Å². The van der Waals surface area contributed by atoms with E-state index in [-0.39, 0.29) is 0 Å². The molecule has 1 aliphatic heterocycles. The summed E-state index contributed by atoms with van der Waals surface area (Å²) in [5.74, 6) is 1.66. The quantitative estimate of drug-likeness (QED) is 0.711. The molecular weight excluding hydrogens is 318 g/mol. The van der Waals surface area contributed by atoms with Gasteiger partial charge < -0.3 is 9.47 Å². The Kier molecular flexibility index (Phi) is 6.16. The van der Waals surface area contributed by atoms with Gasteiger partial charge in [-0.1, -0.05) is 25.0 Å². The Morgan fingerprint density at radius 2 is 2.08 bits per heavy atom. The number of methoxy groups -OCH3 is 1. The summed E-state index contributed by atoms with van der Waals surface area (Å²) in [6, 6.07) is 11.3. The Hall–Kier alpha value is -1.52. The first kappa shape index (κ1) is 17.3. The van der Waals surface area contributed by atoms with E-state index in [1.165, 1.54) is 36.1 Å². The Morgan fingerprint density at radius 3 is 2.83 bits per heavy atom. The second kappa shape index (κ2) is 8.54. The maximum absolute atomic E-state index is 5.64. The van der Waals surface area contributed by atoms with Gasteiger partial charge in [-0.2, -0.15) is 0 Å². The number of hydrogen-bond acceptors (Lipinski definition) is 4. The molecule has 0 bridgehead atoms. The Balaban J connectivity index is 1.79. The van der Waals surface area contributed by atoms with Crippen LogP contribution in [0, 0.1) is 0 Å². The van der Waals surface area contributed by atoms with E-state index < -0.39 is 0 Å². The summed E-state index contributed by atoms with van der Waals surface area (Å²) in [6.45, 7) is 4.78. The zero-order valence-electron chi connectivity index (χ0n) is 14.7. The zero-order chi connectivity index (χ0) is 16.8. The molecule has 3 nitrogen and oxygen atoms in total. The Morgan fingerprint density at radius 1 is 1.17 bits per heavy atom. The van der Waals surface area contributed by atoms with E-state index in [2.05, 4.69) is 34.5 Å². The Bertz CT molecular complexity index is 627.